The van der Waals surface area contributed by atoms with Crippen LogP contribution in [-0.2, 0) is 4.79 Å². The van der Waals surface area contributed by atoms with Gasteiger partial charge in [0.25, 0.3) is 5.56 Å². The van der Waals surface area contributed by atoms with Gasteiger partial charge in [-0.3, -0.25) is 9.36 Å². The van der Waals surface area contributed by atoms with E-state index in [1.54, 1.807) is 11.5 Å². The maximum Gasteiger partial charge on any atom is 0.268 e. The number of hydrogen-bond donors (Lipinski definition) is 1. The Morgan fingerprint density at radius 2 is 1.84 bits per heavy atom. The standard InChI is InChI=1S/C26H32N4O2/c1-3-21(27)25-28-22-10-7-11-23(29-16-14-19(15-17-29)13-12-18(2)31)24(22)26(32)30(25)20-8-5-4-6-9-20/h4-11,19,21H,3,12-17,27H2,1-2H3/t21-/m0/s1. The van der Waals surface area contributed by atoms with Crippen LogP contribution >= 0.6 is 0 Å². The SMILES string of the molecule is CC[C@H](N)c1nc2cccc(N3CCC(CCC(C)=O)CC3)c2c(=O)n1-c1ccccc1. The molecule has 0 unspecified atom stereocenters. The van der Waals surface area contributed by atoms with Crippen LogP contribution in [0.2, 0.25) is 0 Å². The molecule has 168 valence electrons. The molecule has 2 heterocycles. The van der Waals surface area contributed by atoms with Crippen molar-refractivity contribution < 1.29 is 4.79 Å². The van der Waals surface area contributed by atoms with Gasteiger partial charge in [0.1, 0.15) is 11.6 Å². The Morgan fingerprint density at radius 3 is 2.50 bits per heavy atom. The lowest BCUT2D eigenvalue weighted by atomic mass is 9.91. The molecule has 32 heavy (non-hydrogen) atoms. The van der Waals surface area contributed by atoms with Gasteiger partial charge >= 0.3 is 0 Å². The Bertz CT molecular complexity index is 1150. The second kappa shape index (κ2) is 9.65. The van der Waals surface area contributed by atoms with Crippen LogP contribution in [0.4, 0.5) is 5.69 Å². The van der Waals surface area contributed by atoms with Crippen LogP contribution in [0.25, 0.3) is 16.6 Å². The number of rotatable bonds is 7. The van der Waals surface area contributed by atoms with E-state index in [2.05, 4.69) is 4.90 Å². The van der Waals surface area contributed by atoms with Gasteiger partial charge in [-0.2, -0.15) is 0 Å². The summed E-state index contributed by atoms with van der Waals surface area (Å²) in [6.07, 6.45) is 4.37. The predicted molar refractivity (Wildman–Crippen MR) is 129 cm³/mol. The summed E-state index contributed by atoms with van der Waals surface area (Å²) in [5.41, 5.74) is 8.72. The van der Waals surface area contributed by atoms with Crippen molar-refractivity contribution in [2.24, 2.45) is 11.7 Å². The number of Topliss-reactive ketones (excluding diaryl/α,β-unsaturated/α-hetero) is 1. The number of carbonyl (C=O) groups excluding carboxylic acids is 1. The average molecular weight is 433 g/mol. The van der Waals surface area contributed by atoms with Crippen LogP contribution in [0.15, 0.2) is 53.3 Å². The van der Waals surface area contributed by atoms with Crippen molar-refractivity contribution >= 4 is 22.4 Å². The normalized spacial score (nSPS) is 15.8. The van der Waals surface area contributed by atoms with E-state index in [-0.39, 0.29) is 17.4 Å². The van der Waals surface area contributed by atoms with E-state index in [1.807, 2.05) is 55.5 Å². The summed E-state index contributed by atoms with van der Waals surface area (Å²) in [6.45, 7) is 5.42. The molecule has 0 saturated carbocycles. The molecule has 2 N–H and O–H groups in total. The highest BCUT2D eigenvalue weighted by molar-refractivity contribution is 5.91. The molecule has 4 rings (SSSR count). The molecule has 0 amide bonds. The molecule has 0 radical (unpaired) electrons. The van der Waals surface area contributed by atoms with Crippen LogP contribution in [0, 0.1) is 5.92 Å². The zero-order valence-electron chi connectivity index (χ0n) is 19.0. The molecule has 1 atom stereocenters. The quantitative estimate of drug-likeness (QED) is 0.599. The largest absolute Gasteiger partial charge is 0.371 e. The van der Waals surface area contributed by atoms with Gasteiger partial charge in [0, 0.05) is 19.5 Å². The van der Waals surface area contributed by atoms with Crippen molar-refractivity contribution in [2.75, 3.05) is 18.0 Å². The summed E-state index contributed by atoms with van der Waals surface area (Å²) in [5.74, 6) is 1.42. The number of para-hydroxylation sites is 1. The van der Waals surface area contributed by atoms with Crippen LogP contribution in [0.5, 0.6) is 0 Å². The monoisotopic (exact) mass is 432 g/mol. The molecule has 1 aliphatic heterocycles. The van der Waals surface area contributed by atoms with Gasteiger partial charge in [0.2, 0.25) is 0 Å². The molecule has 1 saturated heterocycles. The first-order valence-electron chi connectivity index (χ1n) is 11.6. The van der Waals surface area contributed by atoms with E-state index >= 15 is 0 Å². The Hall–Kier alpha value is -2.99. The molecule has 1 aromatic heterocycles. The Labute approximate surface area is 189 Å². The third kappa shape index (κ3) is 4.46. The zero-order chi connectivity index (χ0) is 22.7. The molecule has 6 nitrogen and oxygen atoms in total. The highest BCUT2D eigenvalue weighted by Gasteiger charge is 2.24. The fraction of sp³-hybridized carbons (Fsp3) is 0.423. The average Bonchev–Trinajstić information content (AvgIpc) is 2.82. The van der Waals surface area contributed by atoms with Gasteiger partial charge in [-0.1, -0.05) is 31.2 Å². The van der Waals surface area contributed by atoms with Crippen molar-refractivity contribution in [3.8, 4) is 5.69 Å². The molecule has 0 aliphatic carbocycles. The third-order valence-corrected chi connectivity index (χ3v) is 6.55. The second-order valence-electron chi connectivity index (χ2n) is 8.80. The lowest BCUT2D eigenvalue weighted by Crippen LogP contribution is -2.35. The molecule has 0 bridgehead atoms. The lowest BCUT2D eigenvalue weighted by molar-refractivity contribution is -0.117. The number of piperidine rings is 1. The summed E-state index contributed by atoms with van der Waals surface area (Å²) in [6, 6.07) is 15.2. The van der Waals surface area contributed by atoms with Gasteiger partial charge in [0.05, 0.1) is 28.3 Å². The molecule has 1 fully saturated rings. The topological polar surface area (TPSA) is 81.2 Å². The Morgan fingerprint density at radius 1 is 1.12 bits per heavy atom. The first-order valence-corrected chi connectivity index (χ1v) is 11.6. The summed E-state index contributed by atoms with van der Waals surface area (Å²) < 4.78 is 1.68. The first kappa shape index (κ1) is 22.2. The number of aromatic nitrogens is 2. The van der Waals surface area contributed by atoms with E-state index in [9.17, 15) is 9.59 Å². The van der Waals surface area contributed by atoms with Crippen LogP contribution < -0.4 is 16.2 Å². The molecule has 0 spiro atoms. The number of fused-ring (bicyclic) bond motifs is 1. The molecule has 1 aliphatic rings. The number of nitrogens with two attached hydrogens (primary N) is 1. The molecule has 2 aromatic carbocycles. The number of anilines is 1. The molecule has 3 aromatic rings. The molecular formula is C26H32N4O2. The maximum atomic E-state index is 13.9. The van der Waals surface area contributed by atoms with Crippen LogP contribution in [0.3, 0.4) is 0 Å². The lowest BCUT2D eigenvalue weighted by Gasteiger charge is -2.34. The van der Waals surface area contributed by atoms with Crippen LogP contribution in [0.1, 0.15) is 57.8 Å². The molecular weight excluding hydrogens is 400 g/mol. The fourth-order valence-electron chi connectivity index (χ4n) is 4.62. The van der Waals surface area contributed by atoms with Crippen LogP contribution in [-0.4, -0.2) is 28.4 Å². The van der Waals surface area contributed by atoms with Crippen molar-refractivity contribution in [3.63, 3.8) is 0 Å². The number of ketones is 1. The van der Waals surface area contributed by atoms with Gasteiger partial charge in [-0.15, -0.1) is 0 Å². The summed E-state index contributed by atoms with van der Waals surface area (Å²) in [7, 11) is 0. The van der Waals surface area contributed by atoms with Crippen molar-refractivity contribution in [1.29, 1.82) is 0 Å². The highest BCUT2D eigenvalue weighted by atomic mass is 16.1. The second-order valence-corrected chi connectivity index (χ2v) is 8.80. The van der Waals surface area contributed by atoms with Crippen molar-refractivity contribution in [2.45, 2.75) is 52.0 Å². The minimum Gasteiger partial charge on any atom is -0.371 e. The summed E-state index contributed by atoms with van der Waals surface area (Å²) in [4.78, 5) is 32.4. The van der Waals surface area contributed by atoms with Crippen molar-refractivity contribution in [1.82, 2.24) is 9.55 Å². The molecule has 6 heteroatoms. The summed E-state index contributed by atoms with van der Waals surface area (Å²) >= 11 is 0. The Kier molecular flexibility index (Phi) is 6.70. The van der Waals surface area contributed by atoms with E-state index < -0.39 is 0 Å². The third-order valence-electron chi connectivity index (χ3n) is 6.55. The number of benzene rings is 2. The van der Waals surface area contributed by atoms with Gasteiger partial charge in [-0.05, 0) is 62.8 Å². The van der Waals surface area contributed by atoms with Gasteiger partial charge < -0.3 is 15.4 Å². The number of nitrogens with zero attached hydrogens (tertiary/aromatic N) is 3. The Balaban J connectivity index is 1.76. The predicted octanol–water partition coefficient (Wildman–Crippen LogP) is 4.38. The van der Waals surface area contributed by atoms with Gasteiger partial charge in [0.15, 0.2) is 0 Å². The summed E-state index contributed by atoms with van der Waals surface area (Å²) in [5, 5.41) is 0.644. The number of hydrogen-bond acceptors (Lipinski definition) is 5. The first-order chi connectivity index (χ1) is 15.5. The van der Waals surface area contributed by atoms with E-state index in [0.29, 0.717) is 35.5 Å². The van der Waals surface area contributed by atoms with E-state index in [1.165, 1.54) is 0 Å². The maximum absolute atomic E-state index is 13.9. The van der Waals surface area contributed by atoms with Gasteiger partial charge in [-0.25, -0.2) is 4.98 Å². The fourth-order valence-corrected chi connectivity index (χ4v) is 4.62. The minimum atomic E-state index is -0.326. The smallest absolute Gasteiger partial charge is 0.268 e. The van der Waals surface area contributed by atoms with E-state index in [0.717, 1.165) is 43.7 Å². The highest BCUT2D eigenvalue weighted by Crippen LogP contribution is 2.30. The zero-order valence-corrected chi connectivity index (χ0v) is 19.0. The number of carbonyl (C=O) groups is 1. The minimum absolute atomic E-state index is 0.0746. The van der Waals surface area contributed by atoms with E-state index in [4.69, 9.17) is 10.7 Å². The van der Waals surface area contributed by atoms with Crippen molar-refractivity contribution in [3.05, 3.63) is 64.7 Å².